The minimum absolute atomic E-state index is 0. The summed E-state index contributed by atoms with van der Waals surface area (Å²) in [4.78, 5) is 14.6. The van der Waals surface area contributed by atoms with Crippen molar-refractivity contribution in [2.45, 2.75) is 70.1 Å². The molecule has 0 spiro atoms. The molecule has 303 valence electrons. The standard InChI is InChI=1S/C38H32N3OS.C14H16GeN.Ir/c1-21(2)29-18-17-27-34-22(3)11-14-28(35(34)42-37(27)40-29)36-39-30-9-7-8-10-31(30)41(36)24-13-16-26-25-15-12-23(38(4,5)6)19-32(25)43-33(26)20-24;1-15(2,3)13-9-10-14(16-11-13)12-7-5-4-6-8-12;/h7-13,15-21H,1-6H3;4-7,9-11H,1-3H3;/q2*-1;. The molecule has 0 saturated carbocycles. The molecule has 0 fully saturated rings. The van der Waals surface area contributed by atoms with Gasteiger partial charge in [-0.25, -0.2) is 4.98 Å². The minimum atomic E-state index is -1.72. The van der Waals surface area contributed by atoms with Crippen LogP contribution in [0.2, 0.25) is 17.3 Å². The third-order valence-corrected chi connectivity index (χ3v) is 16.6. The Morgan fingerprint density at radius 2 is 1.52 bits per heavy atom. The van der Waals surface area contributed by atoms with E-state index in [0.29, 0.717) is 11.6 Å². The van der Waals surface area contributed by atoms with E-state index in [9.17, 15) is 0 Å². The summed E-state index contributed by atoms with van der Waals surface area (Å²) in [6.07, 6.45) is 2.04. The molecule has 5 aromatic carbocycles. The molecule has 0 unspecified atom stereocenters. The number of hydrogen-bond donors (Lipinski definition) is 0. The first-order chi connectivity index (χ1) is 28.2. The Balaban J connectivity index is 0.000000248. The Kier molecular flexibility index (Phi) is 11.3. The topological polar surface area (TPSA) is 56.7 Å². The Morgan fingerprint density at radius 3 is 2.22 bits per heavy atom. The van der Waals surface area contributed by atoms with Gasteiger partial charge in [-0.15, -0.1) is 29.0 Å². The summed E-state index contributed by atoms with van der Waals surface area (Å²) in [5.74, 6) is 8.27. The van der Waals surface area contributed by atoms with Gasteiger partial charge >= 0.3 is 99.8 Å². The fraction of sp³-hybridized carbons (Fsp3) is 0.212. The Hall–Kier alpha value is -4.92. The number of pyridine rings is 2. The summed E-state index contributed by atoms with van der Waals surface area (Å²) in [6, 6.07) is 47.3. The first-order valence-electron chi connectivity index (χ1n) is 20.4. The molecule has 5 nitrogen and oxygen atoms in total. The number of para-hydroxylation sites is 2. The zero-order valence-electron chi connectivity index (χ0n) is 35.6. The molecule has 1 radical (unpaired) electrons. The maximum absolute atomic E-state index is 6.55. The van der Waals surface area contributed by atoms with E-state index < -0.39 is 13.3 Å². The van der Waals surface area contributed by atoms with Crippen LogP contribution in [0.5, 0.6) is 0 Å². The average molecular weight is 1040 g/mol. The first-order valence-corrected chi connectivity index (χ1v) is 28.5. The van der Waals surface area contributed by atoms with Crippen LogP contribution in [0.3, 0.4) is 0 Å². The van der Waals surface area contributed by atoms with Gasteiger partial charge in [-0.1, -0.05) is 82.8 Å². The van der Waals surface area contributed by atoms with Crippen LogP contribution in [-0.4, -0.2) is 32.8 Å². The third kappa shape index (κ3) is 7.78. The summed E-state index contributed by atoms with van der Waals surface area (Å²) in [6.45, 7) is 13.2. The Morgan fingerprint density at radius 1 is 0.783 bits per heavy atom. The van der Waals surface area contributed by atoms with Crippen molar-refractivity contribution >= 4 is 82.3 Å². The summed E-state index contributed by atoms with van der Waals surface area (Å²) in [5.41, 5.74) is 11.0. The van der Waals surface area contributed by atoms with Crippen LogP contribution < -0.4 is 4.40 Å². The van der Waals surface area contributed by atoms with Crippen molar-refractivity contribution in [1.82, 2.24) is 19.5 Å². The monoisotopic (exact) mass is 1040 g/mol. The molecule has 0 saturated heterocycles. The molecule has 0 aliphatic carbocycles. The molecule has 10 aromatic rings. The summed E-state index contributed by atoms with van der Waals surface area (Å²) >= 11 is 0.137. The van der Waals surface area contributed by atoms with Crippen LogP contribution >= 0.6 is 11.3 Å². The zero-order chi connectivity index (χ0) is 41.2. The summed E-state index contributed by atoms with van der Waals surface area (Å²) < 4.78 is 12.8. The van der Waals surface area contributed by atoms with Gasteiger partial charge in [0.25, 0.3) is 0 Å². The van der Waals surface area contributed by atoms with E-state index in [1.165, 1.54) is 30.1 Å². The summed E-state index contributed by atoms with van der Waals surface area (Å²) in [7, 11) is 0. The van der Waals surface area contributed by atoms with Gasteiger partial charge in [0, 0.05) is 57.0 Å². The first kappa shape index (κ1) is 41.8. The number of furan rings is 1. The second-order valence-electron chi connectivity index (χ2n) is 17.9. The second kappa shape index (κ2) is 16.2. The minimum Gasteiger partial charge on any atom is 0 e. The molecule has 5 aromatic heterocycles. The van der Waals surface area contributed by atoms with E-state index in [1.807, 2.05) is 47.9 Å². The predicted molar refractivity (Wildman–Crippen MR) is 252 cm³/mol. The van der Waals surface area contributed by atoms with Crippen molar-refractivity contribution in [3.63, 3.8) is 0 Å². The van der Waals surface area contributed by atoms with Crippen LogP contribution in [0.15, 0.2) is 126 Å². The summed E-state index contributed by atoms with van der Waals surface area (Å²) in [5, 5.41) is 4.68. The fourth-order valence-electron chi connectivity index (χ4n) is 7.74. The molecule has 0 amide bonds. The van der Waals surface area contributed by atoms with E-state index in [1.54, 1.807) is 0 Å². The number of aromatic nitrogens is 4. The molecule has 60 heavy (non-hydrogen) atoms. The van der Waals surface area contributed by atoms with Crippen molar-refractivity contribution in [3.05, 3.63) is 150 Å². The van der Waals surface area contributed by atoms with E-state index in [4.69, 9.17) is 14.4 Å². The number of aryl methyl sites for hydroxylation is 1. The van der Waals surface area contributed by atoms with Gasteiger partial charge in [0.05, 0.1) is 22.4 Å². The Labute approximate surface area is 372 Å². The van der Waals surface area contributed by atoms with Crippen LogP contribution in [0, 0.1) is 19.1 Å². The molecule has 8 heteroatoms. The number of fused-ring (bicyclic) bond motifs is 7. The van der Waals surface area contributed by atoms with Gasteiger partial charge < -0.3 is 8.98 Å². The van der Waals surface area contributed by atoms with Crippen molar-refractivity contribution in [1.29, 1.82) is 0 Å². The largest absolute Gasteiger partial charge is 0 e. The smallest absolute Gasteiger partial charge is 0 e. The number of nitrogens with zero attached hydrogens (tertiary/aromatic N) is 4. The normalized spacial score (nSPS) is 12.1. The molecule has 10 rings (SSSR count). The van der Waals surface area contributed by atoms with Gasteiger partial charge in [-0.3, -0.25) is 4.98 Å². The van der Waals surface area contributed by atoms with Crippen LogP contribution in [0.4, 0.5) is 0 Å². The van der Waals surface area contributed by atoms with Gasteiger partial charge in [0.15, 0.2) is 0 Å². The quantitative estimate of drug-likeness (QED) is 0.127. The van der Waals surface area contributed by atoms with Crippen molar-refractivity contribution in [3.8, 4) is 28.3 Å². The Bertz CT molecular complexity index is 3170. The number of hydrogen-bond acceptors (Lipinski definition) is 5. The third-order valence-electron chi connectivity index (χ3n) is 11.2. The van der Waals surface area contributed by atoms with Crippen LogP contribution in [0.25, 0.3) is 81.6 Å². The van der Waals surface area contributed by atoms with E-state index >= 15 is 0 Å². The molecule has 5 heterocycles. The fourth-order valence-corrected chi connectivity index (χ4v) is 11.1. The molecule has 0 aliphatic heterocycles. The number of thiophene rings is 1. The zero-order valence-corrected chi connectivity index (χ0v) is 40.9. The van der Waals surface area contributed by atoms with Gasteiger partial charge in [-0.2, -0.15) is 0 Å². The van der Waals surface area contributed by atoms with Crippen molar-refractivity contribution in [2.24, 2.45) is 0 Å². The average Bonchev–Trinajstić information content (AvgIpc) is 3.92. The maximum atomic E-state index is 6.55. The predicted octanol–water partition coefficient (Wildman–Crippen LogP) is 14.0. The molecule has 0 atom stereocenters. The maximum Gasteiger partial charge on any atom is 0 e. The van der Waals surface area contributed by atoms with E-state index in [0.717, 1.165) is 67.0 Å². The van der Waals surface area contributed by atoms with Gasteiger partial charge in [0.2, 0.25) is 5.71 Å². The number of rotatable bonds is 5. The van der Waals surface area contributed by atoms with Crippen LogP contribution in [-0.2, 0) is 25.5 Å². The van der Waals surface area contributed by atoms with Crippen LogP contribution in [0.1, 0.15) is 57.4 Å². The molecular weight excluding hydrogens is 993 g/mol. The molecule has 0 bridgehead atoms. The van der Waals surface area contributed by atoms with Crippen molar-refractivity contribution in [2.75, 3.05) is 0 Å². The SMILES string of the molecule is Cc1c[c-]c(-c2nc3ccccc3n2-c2ccc3c(c2)sc2cc(C(C)(C)C)ccc23)c2oc3nc(C(C)C)ccc3c12.[CH3][Ge]([CH3])([CH3])[c]1ccc(-c2[c-]cccc2)nc1.[Ir]. The molecular formula is C52H48GeIrN4OS-2. The molecule has 0 N–H and O–H groups in total. The van der Waals surface area contributed by atoms with Gasteiger partial charge in [0.1, 0.15) is 0 Å². The van der Waals surface area contributed by atoms with E-state index in [-0.39, 0.29) is 25.5 Å². The number of benzene rings is 5. The van der Waals surface area contributed by atoms with E-state index in [2.05, 4.69) is 165 Å². The number of imidazole rings is 1. The van der Waals surface area contributed by atoms with Gasteiger partial charge in [-0.05, 0) is 59.4 Å². The second-order valence-corrected chi connectivity index (χ2v) is 29.6. The van der Waals surface area contributed by atoms with Crippen molar-refractivity contribution < 1.29 is 24.5 Å². The molecule has 0 aliphatic rings.